The number of nitrogens with zero attached hydrogens (tertiary/aromatic N) is 2. The fourth-order valence-electron chi connectivity index (χ4n) is 2.73. The molecule has 0 aliphatic rings. The Balaban J connectivity index is 2.35. The number of nitrogens with one attached hydrogen (secondary N) is 1. The van der Waals surface area contributed by atoms with E-state index in [1.807, 2.05) is 0 Å². The van der Waals surface area contributed by atoms with Gasteiger partial charge >= 0.3 is 0 Å². The van der Waals surface area contributed by atoms with E-state index in [1.54, 1.807) is 13.8 Å². The topological polar surface area (TPSA) is 108 Å². The van der Waals surface area contributed by atoms with Crippen molar-refractivity contribution in [2.75, 3.05) is 32.8 Å². The second-order valence-corrected chi connectivity index (χ2v) is 7.31. The van der Waals surface area contributed by atoms with Crippen LogP contribution in [0.1, 0.15) is 20.8 Å². The fraction of sp³-hybridized carbons (Fsp3) is 0.364. The number of hydrogen-bond acceptors (Lipinski definition) is 8. The molecule has 178 valence electrons. The predicted molar refractivity (Wildman–Crippen MR) is 126 cm³/mol. The van der Waals surface area contributed by atoms with Gasteiger partial charge in [-0.3, -0.25) is 9.59 Å². The third kappa shape index (κ3) is 6.72. The third-order valence-electron chi connectivity index (χ3n) is 4.24. The van der Waals surface area contributed by atoms with Gasteiger partial charge in [0.1, 0.15) is 28.0 Å². The van der Waals surface area contributed by atoms with Gasteiger partial charge in [0.15, 0.2) is 5.78 Å². The molecule has 0 saturated carbocycles. The van der Waals surface area contributed by atoms with Gasteiger partial charge in [-0.05, 0) is 20.8 Å². The van der Waals surface area contributed by atoms with Crippen LogP contribution in [0, 0.1) is 0 Å². The molecular weight excluding hydrogens is 473 g/mol. The highest BCUT2D eigenvalue weighted by Gasteiger charge is 2.25. The molecule has 0 aliphatic heterocycles. The van der Waals surface area contributed by atoms with Gasteiger partial charge in [0.05, 0.1) is 43.8 Å². The number of methoxy groups -OCH3 is 2. The number of halogens is 2. The quantitative estimate of drug-likeness (QED) is 0.324. The van der Waals surface area contributed by atoms with Gasteiger partial charge in [0.25, 0.3) is 5.91 Å². The average molecular weight is 498 g/mol. The van der Waals surface area contributed by atoms with Crippen molar-refractivity contribution in [2.45, 2.75) is 26.8 Å². The normalized spacial score (nSPS) is 11.7. The Kier molecular flexibility index (Phi) is 9.74. The van der Waals surface area contributed by atoms with E-state index in [9.17, 15) is 9.59 Å². The summed E-state index contributed by atoms with van der Waals surface area (Å²) in [6, 6.07) is 4.65. The van der Waals surface area contributed by atoms with E-state index in [0.717, 1.165) is 0 Å². The minimum atomic E-state index is -1.42. The molecule has 9 nitrogen and oxygen atoms in total. The van der Waals surface area contributed by atoms with Gasteiger partial charge in [-0.25, -0.2) is 0 Å². The summed E-state index contributed by atoms with van der Waals surface area (Å²) >= 11 is 12.4. The number of Topliss-reactive ketones (excluding diaryl/α,β-unsaturated/α-hetero) is 1. The van der Waals surface area contributed by atoms with Gasteiger partial charge in [-0.1, -0.05) is 23.2 Å². The lowest BCUT2D eigenvalue weighted by atomic mass is 10.2. The molecule has 1 unspecified atom stereocenters. The second-order valence-electron chi connectivity index (χ2n) is 6.53. The molecule has 0 heterocycles. The maximum atomic E-state index is 12.9. The van der Waals surface area contributed by atoms with Crippen molar-refractivity contribution in [3.8, 4) is 23.0 Å². The van der Waals surface area contributed by atoms with Crippen molar-refractivity contribution in [1.82, 2.24) is 0 Å². The Labute approximate surface area is 202 Å². The molecule has 11 heteroatoms. The van der Waals surface area contributed by atoms with Crippen molar-refractivity contribution in [1.29, 1.82) is 0 Å². The van der Waals surface area contributed by atoms with Crippen LogP contribution in [0.2, 0.25) is 10.0 Å². The van der Waals surface area contributed by atoms with Crippen LogP contribution in [-0.4, -0.2) is 45.2 Å². The molecule has 0 spiro atoms. The number of benzene rings is 2. The molecule has 0 fully saturated rings. The van der Waals surface area contributed by atoms with E-state index in [4.69, 9.17) is 42.1 Å². The van der Waals surface area contributed by atoms with E-state index in [1.165, 1.54) is 45.4 Å². The Morgan fingerprint density at radius 1 is 0.939 bits per heavy atom. The maximum Gasteiger partial charge on any atom is 0.258 e. The first-order valence-corrected chi connectivity index (χ1v) is 10.7. The molecule has 1 N–H and O–H groups in total. The zero-order valence-electron chi connectivity index (χ0n) is 18.9. The van der Waals surface area contributed by atoms with Crippen molar-refractivity contribution >= 4 is 46.3 Å². The number of hydrogen-bond donors (Lipinski definition) is 1. The number of carbonyl (C=O) groups is 2. The summed E-state index contributed by atoms with van der Waals surface area (Å²) in [5, 5.41) is 11.2. The number of amides is 1. The monoisotopic (exact) mass is 497 g/mol. The van der Waals surface area contributed by atoms with Crippen molar-refractivity contribution < 1.29 is 28.5 Å². The van der Waals surface area contributed by atoms with Gasteiger partial charge in [0, 0.05) is 24.3 Å². The minimum absolute atomic E-state index is 0.260. The molecule has 2 rings (SSSR count). The van der Waals surface area contributed by atoms with Crippen LogP contribution in [0.15, 0.2) is 34.5 Å². The lowest BCUT2D eigenvalue weighted by Gasteiger charge is -2.16. The zero-order valence-corrected chi connectivity index (χ0v) is 20.4. The van der Waals surface area contributed by atoms with E-state index in [0.29, 0.717) is 41.2 Å². The first-order valence-electron chi connectivity index (χ1n) is 9.98. The molecule has 2 aromatic rings. The molecule has 1 amide bonds. The highest BCUT2D eigenvalue weighted by atomic mass is 35.5. The Morgan fingerprint density at radius 2 is 1.52 bits per heavy atom. The summed E-state index contributed by atoms with van der Waals surface area (Å²) < 4.78 is 21.4. The van der Waals surface area contributed by atoms with Crippen LogP contribution in [0.4, 0.5) is 11.4 Å². The molecule has 0 bridgehead atoms. The SMILES string of the molecule is CCOc1cc(NC(=O)C(N=Nc2cc(OC)c(Cl)c(OC)c2)C(C)=O)c(OCC)cc1Cl. The van der Waals surface area contributed by atoms with E-state index >= 15 is 0 Å². The highest BCUT2D eigenvalue weighted by Crippen LogP contribution is 2.39. The summed E-state index contributed by atoms with van der Waals surface area (Å²) in [7, 11) is 2.87. The number of ether oxygens (including phenoxy) is 4. The van der Waals surface area contributed by atoms with Crippen LogP contribution in [0.25, 0.3) is 0 Å². The third-order valence-corrected chi connectivity index (χ3v) is 4.91. The number of azo groups is 1. The summed E-state index contributed by atoms with van der Waals surface area (Å²) in [5.41, 5.74) is 0.568. The van der Waals surface area contributed by atoms with Crippen LogP contribution in [-0.2, 0) is 9.59 Å². The number of ketones is 1. The Morgan fingerprint density at radius 3 is 2.03 bits per heavy atom. The summed E-state index contributed by atoms with van der Waals surface area (Å²) in [6.45, 7) is 5.54. The highest BCUT2D eigenvalue weighted by molar-refractivity contribution is 6.33. The van der Waals surface area contributed by atoms with Gasteiger partial charge in [-0.15, -0.1) is 0 Å². The molecule has 1 atom stereocenters. The van der Waals surface area contributed by atoms with Crippen molar-refractivity contribution in [2.24, 2.45) is 10.2 Å². The molecule has 0 saturated heterocycles. The smallest absolute Gasteiger partial charge is 0.258 e. The summed E-state index contributed by atoms with van der Waals surface area (Å²) in [6.07, 6.45) is 0. The average Bonchev–Trinajstić information content (AvgIpc) is 2.77. The van der Waals surface area contributed by atoms with E-state index in [-0.39, 0.29) is 16.4 Å². The van der Waals surface area contributed by atoms with E-state index < -0.39 is 17.7 Å². The van der Waals surface area contributed by atoms with Crippen molar-refractivity contribution in [3.63, 3.8) is 0 Å². The standard InChI is InChI=1S/C22H25Cl2N3O6/c1-6-32-16-11-15(17(33-7-2)10-14(16)23)25-22(29)21(12(3)28)27-26-13-8-18(30-4)20(24)19(9-13)31-5/h8-11,21H,6-7H2,1-5H3,(H,25,29). The molecule has 0 aliphatic carbocycles. The van der Waals surface area contributed by atoms with Crippen molar-refractivity contribution in [3.05, 3.63) is 34.3 Å². The molecule has 2 aromatic carbocycles. The zero-order chi connectivity index (χ0) is 24.5. The first kappa shape index (κ1) is 26.2. The predicted octanol–water partition coefficient (Wildman–Crippen LogP) is 5.49. The van der Waals surface area contributed by atoms with E-state index in [2.05, 4.69) is 15.5 Å². The number of rotatable bonds is 11. The Hall–Kier alpha value is -3.04. The lowest BCUT2D eigenvalue weighted by molar-refractivity contribution is -0.126. The first-order chi connectivity index (χ1) is 15.7. The maximum absolute atomic E-state index is 12.9. The van der Waals surface area contributed by atoms with Crippen LogP contribution in [0.5, 0.6) is 23.0 Å². The molecule has 0 radical (unpaired) electrons. The summed E-state index contributed by atoms with van der Waals surface area (Å²) in [4.78, 5) is 25.1. The molecule has 0 aromatic heterocycles. The Bertz CT molecular complexity index is 1020. The van der Waals surface area contributed by atoms with Crippen LogP contribution in [0.3, 0.4) is 0 Å². The number of carbonyl (C=O) groups excluding carboxylic acids is 2. The fourth-order valence-corrected chi connectivity index (χ4v) is 3.20. The largest absolute Gasteiger partial charge is 0.495 e. The summed E-state index contributed by atoms with van der Waals surface area (Å²) in [5.74, 6) is 0.0792. The minimum Gasteiger partial charge on any atom is -0.495 e. The molecular formula is C22H25Cl2N3O6. The van der Waals surface area contributed by atoms with Gasteiger partial charge in [-0.2, -0.15) is 10.2 Å². The van der Waals surface area contributed by atoms with Gasteiger partial charge < -0.3 is 24.3 Å². The van der Waals surface area contributed by atoms with Gasteiger partial charge in [0.2, 0.25) is 6.04 Å². The number of anilines is 1. The molecule has 33 heavy (non-hydrogen) atoms. The second kappa shape index (κ2) is 12.3. The van der Waals surface area contributed by atoms with Crippen LogP contribution >= 0.6 is 23.2 Å². The van der Waals surface area contributed by atoms with Crippen LogP contribution < -0.4 is 24.3 Å². The lowest BCUT2D eigenvalue weighted by Crippen LogP contribution is -2.32.